The Hall–Kier alpha value is -2.35. The molecule has 0 spiro atoms. The predicted molar refractivity (Wildman–Crippen MR) is 100 cm³/mol. The lowest BCUT2D eigenvalue weighted by Crippen LogP contribution is -2.26. The minimum Gasteiger partial charge on any atom is -0.256 e. The van der Waals surface area contributed by atoms with Crippen LogP contribution >= 0.6 is 0 Å². The Balaban J connectivity index is 1.98. The van der Waals surface area contributed by atoms with Crippen molar-refractivity contribution in [1.29, 1.82) is 0 Å². The number of aryl methyl sites for hydroxylation is 1. The highest BCUT2D eigenvalue weighted by Crippen LogP contribution is 2.30. The first kappa shape index (κ1) is 15.5. The van der Waals surface area contributed by atoms with E-state index in [4.69, 9.17) is 0 Å². The summed E-state index contributed by atoms with van der Waals surface area (Å²) in [5.74, 6) is 0. The van der Waals surface area contributed by atoms with Crippen LogP contribution in [0.3, 0.4) is 0 Å². The summed E-state index contributed by atoms with van der Waals surface area (Å²) >= 11 is 0. The fourth-order valence-electron chi connectivity index (χ4n) is 3.22. The van der Waals surface area contributed by atoms with Crippen LogP contribution in [0.1, 0.15) is 23.6 Å². The van der Waals surface area contributed by atoms with Gasteiger partial charge in [-0.1, -0.05) is 67.6 Å². The van der Waals surface area contributed by atoms with Crippen molar-refractivity contribution >= 4 is 7.85 Å². The predicted octanol–water partition coefficient (Wildman–Crippen LogP) is 4.15. The molecule has 0 saturated carbocycles. The van der Waals surface area contributed by atoms with E-state index < -0.39 is 0 Å². The zero-order valence-corrected chi connectivity index (χ0v) is 14.1. The largest absolute Gasteiger partial charge is 0.256 e. The highest BCUT2D eigenvalue weighted by atomic mass is 14.7. The molecule has 0 N–H and O–H groups in total. The average Bonchev–Trinajstić information content (AvgIpc) is 2.56. The molecule has 0 radical (unpaired) electrons. The summed E-state index contributed by atoms with van der Waals surface area (Å²) in [6.45, 7) is 4.47. The molecule has 0 saturated heterocycles. The fourth-order valence-corrected chi connectivity index (χ4v) is 3.22. The molecule has 23 heavy (non-hydrogen) atoms. The Morgan fingerprint density at radius 3 is 2.22 bits per heavy atom. The van der Waals surface area contributed by atoms with Gasteiger partial charge in [-0.2, -0.15) is 0 Å². The zero-order valence-electron chi connectivity index (χ0n) is 14.1. The molecule has 0 bridgehead atoms. The molecule has 0 aliphatic carbocycles. The van der Waals surface area contributed by atoms with Crippen molar-refractivity contribution in [2.24, 2.45) is 0 Å². The lowest BCUT2D eigenvalue weighted by atomic mass is 9.61. The van der Waals surface area contributed by atoms with Crippen molar-refractivity contribution in [3.8, 4) is 11.3 Å². The van der Waals surface area contributed by atoms with Gasteiger partial charge in [0.25, 0.3) is 0 Å². The number of pyridine rings is 1. The summed E-state index contributed by atoms with van der Waals surface area (Å²) in [5.41, 5.74) is 6.22. The SMILES string of the molecule is BC(C)(Cc1ccccc1)c1cc(-c2ccccc2)ncc1C. The summed E-state index contributed by atoms with van der Waals surface area (Å²) in [5, 5.41) is 0.0674. The third kappa shape index (κ3) is 3.53. The van der Waals surface area contributed by atoms with Gasteiger partial charge in [-0.15, -0.1) is 0 Å². The van der Waals surface area contributed by atoms with Crippen LogP contribution in [0.15, 0.2) is 72.9 Å². The van der Waals surface area contributed by atoms with Gasteiger partial charge in [-0.3, -0.25) is 4.98 Å². The van der Waals surface area contributed by atoms with Crippen molar-refractivity contribution in [1.82, 2.24) is 4.98 Å². The summed E-state index contributed by atoms with van der Waals surface area (Å²) in [6, 6.07) is 23.4. The average molecular weight is 299 g/mol. The van der Waals surface area contributed by atoms with Crippen LogP contribution in [-0.4, -0.2) is 12.8 Å². The van der Waals surface area contributed by atoms with Crippen LogP contribution in [0.25, 0.3) is 11.3 Å². The second kappa shape index (κ2) is 6.41. The molecule has 0 aliphatic heterocycles. The summed E-state index contributed by atoms with van der Waals surface area (Å²) < 4.78 is 0. The molecular weight excluding hydrogens is 277 g/mol. The Labute approximate surface area is 139 Å². The first-order chi connectivity index (χ1) is 11.1. The van der Waals surface area contributed by atoms with Gasteiger partial charge in [0.15, 0.2) is 0 Å². The first-order valence-electron chi connectivity index (χ1n) is 8.13. The smallest absolute Gasteiger partial charge is 0.115 e. The van der Waals surface area contributed by atoms with Gasteiger partial charge in [-0.25, -0.2) is 0 Å². The molecular formula is C21H22BN. The molecule has 1 nitrogen and oxygen atoms in total. The molecule has 2 heteroatoms. The second-order valence-corrected chi connectivity index (χ2v) is 6.80. The highest BCUT2D eigenvalue weighted by Gasteiger charge is 2.24. The molecule has 3 rings (SSSR count). The third-order valence-corrected chi connectivity index (χ3v) is 4.39. The summed E-state index contributed by atoms with van der Waals surface area (Å²) in [4.78, 5) is 4.63. The van der Waals surface area contributed by atoms with Crippen LogP contribution in [0.5, 0.6) is 0 Å². The van der Waals surface area contributed by atoms with Gasteiger partial charge < -0.3 is 0 Å². The highest BCUT2D eigenvalue weighted by molar-refractivity contribution is 6.16. The Morgan fingerprint density at radius 1 is 0.957 bits per heavy atom. The van der Waals surface area contributed by atoms with Crippen LogP contribution in [0.4, 0.5) is 0 Å². The summed E-state index contributed by atoms with van der Waals surface area (Å²) in [6.07, 6.45) is 3.03. The molecule has 0 amide bonds. The quantitative estimate of drug-likeness (QED) is 0.660. The minimum atomic E-state index is 0.0674. The zero-order chi connectivity index (χ0) is 16.3. The fraction of sp³-hybridized carbons (Fsp3) is 0.190. The normalized spacial score (nSPS) is 13.5. The van der Waals surface area contributed by atoms with E-state index in [1.165, 1.54) is 22.3 Å². The van der Waals surface area contributed by atoms with Gasteiger partial charge in [0.2, 0.25) is 0 Å². The van der Waals surface area contributed by atoms with E-state index in [0.29, 0.717) is 0 Å². The van der Waals surface area contributed by atoms with E-state index >= 15 is 0 Å². The number of hydrogen-bond acceptors (Lipinski definition) is 1. The Kier molecular flexibility index (Phi) is 4.34. The van der Waals surface area contributed by atoms with E-state index in [2.05, 4.69) is 87.3 Å². The Morgan fingerprint density at radius 2 is 1.57 bits per heavy atom. The number of nitrogens with zero attached hydrogens (tertiary/aromatic N) is 1. The van der Waals surface area contributed by atoms with E-state index in [9.17, 15) is 0 Å². The van der Waals surface area contributed by atoms with Gasteiger partial charge in [0.1, 0.15) is 7.85 Å². The minimum absolute atomic E-state index is 0.0674. The standard InChI is InChI=1S/C21H22BN/c1-16-15-23-20(18-11-7-4-8-12-18)13-19(16)21(2,22)14-17-9-5-3-6-10-17/h3-13,15H,14,22H2,1-2H3. The number of hydrogen-bond donors (Lipinski definition) is 0. The maximum atomic E-state index is 4.63. The van der Waals surface area contributed by atoms with Gasteiger partial charge >= 0.3 is 0 Å². The van der Waals surface area contributed by atoms with Crippen molar-refractivity contribution in [3.05, 3.63) is 89.6 Å². The van der Waals surface area contributed by atoms with Gasteiger partial charge in [0, 0.05) is 11.8 Å². The van der Waals surface area contributed by atoms with Crippen molar-refractivity contribution in [2.45, 2.75) is 25.6 Å². The van der Waals surface area contributed by atoms with E-state index in [1.54, 1.807) is 0 Å². The maximum absolute atomic E-state index is 4.63. The van der Waals surface area contributed by atoms with E-state index in [0.717, 1.165) is 12.1 Å². The monoisotopic (exact) mass is 299 g/mol. The lowest BCUT2D eigenvalue weighted by Gasteiger charge is -2.28. The lowest BCUT2D eigenvalue weighted by molar-refractivity contribution is 0.665. The van der Waals surface area contributed by atoms with Crippen LogP contribution in [0.2, 0.25) is 0 Å². The molecule has 1 unspecified atom stereocenters. The van der Waals surface area contributed by atoms with E-state index in [-0.39, 0.29) is 5.31 Å². The number of benzene rings is 2. The van der Waals surface area contributed by atoms with Crippen LogP contribution in [0, 0.1) is 6.92 Å². The first-order valence-corrected chi connectivity index (χ1v) is 8.13. The van der Waals surface area contributed by atoms with Crippen molar-refractivity contribution in [2.75, 3.05) is 0 Å². The number of rotatable bonds is 4. The maximum Gasteiger partial charge on any atom is 0.115 e. The summed E-state index contributed by atoms with van der Waals surface area (Å²) in [7, 11) is 2.32. The molecule has 0 aliphatic rings. The molecule has 0 fully saturated rings. The van der Waals surface area contributed by atoms with Gasteiger partial charge in [0.05, 0.1) is 5.69 Å². The van der Waals surface area contributed by atoms with Crippen LogP contribution in [-0.2, 0) is 11.7 Å². The molecule has 1 heterocycles. The van der Waals surface area contributed by atoms with Crippen LogP contribution < -0.4 is 0 Å². The molecule has 1 aromatic heterocycles. The van der Waals surface area contributed by atoms with Crippen molar-refractivity contribution in [3.63, 3.8) is 0 Å². The van der Waals surface area contributed by atoms with Crippen molar-refractivity contribution < 1.29 is 0 Å². The second-order valence-electron chi connectivity index (χ2n) is 6.80. The molecule has 3 aromatic rings. The van der Waals surface area contributed by atoms with E-state index in [1.807, 2.05) is 12.3 Å². The van der Waals surface area contributed by atoms with Gasteiger partial charge in [-0.05, 0) is 41.4 Å². The third-order valence-electron chi connectivity index (χ3n) is 4.39. The Bertz CT molecular complexity index is 779. The molecule has 2 aromatic carbocycles. The number of aromatic nitrogens is 1. The molecule has 1 atom stereocenters. The molecule has 114 valence electrons. The topological polar surface area (TPSA) is 12.9 Å².